The van der Waals surface area contributed by atoms with Gasteiger partial charge in [-0.1, -0.05) is 13.0 Å². The van der Waals surface area contributed by atoms with Gasteiger partial charge in [0.15, 0.2) is 5.75 Å². The van der Waals surface area contributed by atoms with Gasteiger partial charge >= 0.3 is 5.69 Å². The Balaban J connectivity index is 2.22. The van der Waals surface area contributed by atoms with E-state index < -0.39 is 4.92 Å². The molecule has 0 amide bonds. The summed E-state index contributed by atoms with van der Waals surface area (Å²) in [6.45, 7) is 3.84. The quantitative estimate of drug-likeness (QED) is 0.632. The maximum atomic E-state index is 11.2. The van der Waals surface area contributed by atoms with Crippen molar-refractivity contribution < 1.29 is 14.4 Å². The van der Waals surface area contributed by atoms with Crippen LogP contribution in [0.4, 0.5) is 11.4 Å². The van der Waals surface area contributed by atoms with E-state index in [1.165, 1.54) is 0 Å². The van der Waals surface area contributed by atoms with Crippen molar-refractivity contribution >= 4 is 11.4 Å². The van der Waals surface area contributed by atoms with Gasteiger partial charge in [0.2, 0.25) is 0 Å². The zero-order chi connectivity index (χ0) is 13.7. The molecule has 1 atom stereocenters. The Bertz CT molecular complexity index is 444. The summed E-state index contributed by atoms with van der Waals surface area (Å²) in [5.74, 6) is 0.307. The maximum Gasteiger partial charge on any atom is 0.333 e. The molecule has 19 heavy (non-hydrogen) atoms. The van der Waals surface area contributed by atoms with E-state index in [1.807, 2.05) is 6.92 Å². The third kappa shape index (κ3) is 3.35. The van der Waals surface area contributed by atoms with Gasteiger partial charge in [-0.25, -0.2) is 0 Å². The normalized spacial score (nSPS) is 18.3. The van der Waals surface area contributed by atoms with Crippen molar-refractivity contribution in [2.24, 2.45) is 0 Å². The molecule has 104 valence electrons. The summed E-state index contributed by atoms with van der Waals surface area (Å²) in [6.07, 6.45) is 1.57. The van der Waals surface area contributed by atoms with E-state index in [9.17, 15) is 10.1 Å². The Morgan fingerprint density at radius 3 is 3.05 bits per heavy atom. The zero-order valence-corrected chi connectivity index (χ0v) is 10.9. The number of nitrogens with zero attached hydrogens (tertiary/aromatic N) is 1. The highest BCUT2D eigenvalue weighted by Crippen LogP contribution is 2.35. The Kier molecular flexibility index (Phi) is 4.57. The van der Waals surface area contributed by atoms with Crippen LogP contribution in [0.15, 0.2) is 18.2 Å². The van der Waals surface area contributed by atoms with Crippen molar-refractivity contribution in [2.75, 3.05) is 25.1 Å². The average molecular weight is 266 g/mol. The van der Waals surface area contributed by atoms with E-state index >= 15 is 0 Å². The molecular weight excluding hydrogens is 248 g/mol. The van der Waals surface area contributed by atoms with E-state index in [-0.39, 0.29) is 11.8 Å². The summed E-state index contributed by atoms with van der Waals surface area (Å²) >= 11 is 0. The Labute approximate surface area is 111 Å². The standard InChI is InChI=1S/C13H18N2O4/c1-2-7-14-11-4-3-5-12(13(11)15(16)17)19-10-6-8-18-9-10/h3-5,10,14H,2,6-9H2,1H3. The fourth-order valence-corrected chi connectivity index (χ4v) is 1.99. The Hall–Kier alpha value is -1.82. The number of nitro benzene ring substituents is 1. The van der Waals surface area contributed by atoms with Crippen LogP contribution in [-0.2, 0) is 4.74 Å². The van der Waals surface area contributed by atoms with Crippen LogP contribution in [0.3, 0.4) is 0 Å². The van der Waals surface area contributed by atoms with Crippen molar-refractivity contribution in [3.63, 3.8) is 0 Å². The number of hydrogen-bond donors (Lipinski definition) is 1. The SMILES string of the molecule is CCCNc1cccc(OC2CCOC2)c1[N+](=O)[O-]. The molecule has 1 heterocycles. The highest BCUT2D eigenvalue weighted by molar-refractivity contribution is 5.68. The number of rotatable bonds is 6. The monoisotopic (exact) mass is 266 g/mol. The molecule has 6 nitrogen and oxygen atoms in total. The first-order valence-electron chi connectivity index (χ1n) is 6.48. The van der Waals surface area contributed by atoms with Crippen LogP contribution in [0.25, 0.3) is 0 Å². The van der Waals surface area contributed by atoms with Gasteiger partial charge in [-0.2, -0.15) is 0 Å². The first-order valence-corrected chi connectivity index (χ1v) is 6.48. The molecule has 1 aliphatic heterocycles. The summed E-state index contributed by atoms with van der Waals surface area (Å²) in [6, 6.07) is 5.09. The lowest BCUT2D eigenvalue weighted by Crippen LogP contribution is -2.17. The number of hydrogen-bond acceptors (Lipinski definition) is 5. The zero-order valence-electron chi connectivity index (χ0n) is 10.9. The van der Waals surface area contributed by atoms with Gasteiger partial charge in [0, 0.05) is 13.0 Å². The van der Waals surface area contributed by atoms with E-state index in [0.717, 1.165) is 12.8 Å². The number of nitrogens with one attached hydrogen (secondary N) is 1. The molecule has 1 aliphatic rings. The van der Waals surface area contributed by atoms with E-state index in [0.29, 0.717) is 31.2 Å². The predicted octanol–water partition coefficient (Wildman–Crippen LogP) is 2.58. The average Bonchev–Trinajstić information content (AvgIpc) is 2.89. The lowest BCUT2D eigenvalue weighted by Gasteiger charge is -2.14. The molecule has 1 aromatic carbocycles. The molecule has 0 aliphatic carbocycles. The molecular formula is C13H18N2O4. The van der Waals surface area contributed by atoms with Crippen LogP contribution in [0.5, 0.6) is 5.75 Å². The van der Waals surface area contributed by atoms with Crippen LogP contribution in [0, 0.1) is 10.1 Å². The summed E-state index contributed by atoms with van der Waals surface area (Å²) in [5, 5.41) is 14.3. The van der Waals surface area contributed by atoms with Crippen LogP contribution >= 0.6 is 0 Å². The second-order valence-corrected chi connectivity index (χ2v) is 4.44. The lowest BCUT2D eigenvalue weighted by molar-refractivity contribution is -0.385. The lowest BCUT2D eigenvalue weighted by atomic mass is 10.2. The number of para-hydroxylation sites is 1. The molecule has 1 fully saturated rings. The minimum Gasteiger partial charge on any atom is -0.481 e. The van der Waals surface area contributed by atoms with Crippen molar-refractivity contribution in [3.05, 3.63) is 28.3 Å². The van der Waals surface area contributed by atoms with E-state index in [2.05, 4.69) is 5.32 Å². The smallest absolute Gasteiger partial charge is 0.333 e. The van der Waals surface area contributed by atoms with E-state index in [4.69, 9.17) is 9.47 Å². The molecule has 0 bridgehead atoms. The summed E-state index contributed by atoms with van der Waals surface area (Å²) in [7, 11) is 0. The molecule has 1 aromatic rings. The molecule has 1 saturated heterocycles. The number of nitro groups is 1. The molecule has 1 N–H and O–H groups in total. The van der Waals surface area contributed by atoms with Gasteiger partial charge in [-0.05, 0) is 18.6 Å². The molecule has 1 unspecified atom stereocenters. The predicted molar refractivity (Wildman–Crippen MR) is 71.7 cm³/mol. The fraction of sp³-hybridized carbons (Fsp3) is 0.538. The Morgan fingerprint density at radius 2 is 2.42 bits per heavy atom. The Morgan fingerprint density at radius 1 is 1.58 bits per heavy atom. The highest BCUT2D eigenvalue weighted by Gasteiger charge is 2.25. The van der Waals surface area contributed by atoms with Gasteiger partial charge in [0.05, 0.1) is 18.1 Å². The van der Waals surface area contributed by atoms with Gasteiger partial charge < -0.3 is 14.8 Å². The highest BCUT2D eigenvalue weighted by atomic mass is 16.6. The molecule has 2 rings (SSSR count). The molecule has 0 radical (unpaired) electrons. The van der Waals surface area contributed by atoms with Crippen LogP contribution in [0.2, 0.25) is 0 Å². The largest absolute Gasteiger partial charge is 0.481 e. The summed E-state index contributed by atoms with van der Waals surface area (Å²) in [5.41, 5.74) is 0.506. The van der Waals surface area contributed by atoms with Crippen LogP contribution < -0.4 is 10.1 Å². The number of ether oxygens (including phenoxy) is 2. The first-order chi connectivity index (χ1) is 9.22. The second-order valence-electron chi connectivity index (χ2n) is 4.44. The topological polar surface area (TPSA) is 73.6 Å². The first kappa shape index (κ1) is 13.6. The van der Waals surface area contributed by atoms with Crippen molar-refractivity contribution in [1.82, 2.24) is 0 Å². The number of benzene rings is 1. The molecule has 0 aromatic heterocycles. The minimum absolute atomic E-state index is 0.00264. The van der Waals surface area contributed by atoms with Crippen molar-refractivity contribution in [3.8, 4) is 5.75 Å². The summed E-state index contributed by atoms with van der Waals surface area (Å²) in [4.78, 5) is 10.8. The van der Waals surface area contributed by atoms with Gasteiger partial charge in [0.1, 0.15) is 11.8 Å². The van der Waals surface area contributed by atoms with Crippen LogP contribution in [0.1, 0.15) is 19.8 Å². The molecule has 0 saturated carbocycles. The second kappa shape index (κ2) is 6.38. The van der Waals surface area contributed by atoms with Gasteiger partial charge in [-0.15, -0.1) is 0 Å². The minimum atomic E-state index is -0.400. The molecule has 0 spiro atoms. The van der Waals surface area contributed by atoms with Crippen molar-refractivity contribution in [2.45, 2.75) is 25.9 Å². The van der Waals surface area contributed by atoms with Gasteiger partial charge in [-0.3, -0.25) is 10.1 Å². The third-order valence-corrected chi connectivity index (χ3v) is 2.93. The van der Waals surface area contributed by atoms with E-state index in [1.54, 1.807) is 18.2 Å². The van der Waals surface area contributed by atoms with Gasteiger partial charge in [0.25, 0.3) is 0 Å². The maximum absolute atomic E-state index is 11.2. The van der Waals surface area contributed by atoms with Crippen molar-refractivity contribution in [1.29, 1.82) is 0 Å². The number of anilines is 1. The summed E-state index contributed by atoms with van der Waals surface area (Å²) < 4.78 is 10.9. The molecule has 6 heteroatoms. The third-order valence-electron chi connectivity index (χ3n) is 2.93. The fourth-order valence-electron chi connectivity index (χ4n) is 1.99. The van der Waals surface area contributed by atoms with Crippen LogP contribution in [-0.4, -0.2) is 30.8 Å².